The topological polar surface area (TPSA) is 49.4 Å². The van der Waals surface area contributed by atoms with E-state index >= 15 is 0 Å². The molecule has 102 valence electrons. The Bertz CT molecular complexity index is 333. The fourth-order valence-electron chi connectivity index (χ4n) is 2.08. The Morgan fingerprint density at radius 3 is 2.53 bits per heavy atom. The van der Waals surface area contributed by atoms with Gasteiger partial charge in [-0.1, -0.05) is 0 Å². The molecule has 1 heterocycles. The molecule has 1 aliphatic heterocycles. The molecule has 17 heavy (non-hydrogen) atoms. The lowest BCUT2D eigenvalue weighted by atomic mass is 9.98. The van der Waals surface area contributed by atoms with Crippen molar-refractivity contribution in [2.45, 2.75) is 46.1 Å². The zero-order valence-corrected chi connectivity index (χ0v) is 12.3. The number of rotatable bonds is 4. The summed E-state index contributed by atoms with van der Waals surface area (Å²) in [4.78, 5) is 0. The number of nitrogens with one attached hydrogen (secondary N) is 1. The summed E-state index contributed by atoms with van der Waals surface area (Å²) in [6.07, 6.45) is 2.11. The smallest absolute Gasteiger partial charge is 0.213 e. The van der Waals surface area contributed by atoms with Crippen LogP contribution in [0, 0.1) is 5.92 Å². The van der Waals surface area contributed by atoms with E-state index in [9.17, 15) is 8.42 Å². The normalized spacial score (nSPS) is 23.9. The van der Waals surface area contributed by atoms with Crippen LogP contribution in [0.4, 0.5) is 0 Å². The highest BCUT2D eigenvalue weighted by atomic mass is 32.2. The molecule has 0 aromatic rings. The first kappa shape index (κ1) is 14.9. The molecule has 0 spiro atoms. The zero-order valence-electron chi connectivity index (χ0n) is 11.5. The zero-order chi connectivity index (χ0) is 13.1. The van der Waals surface area contributed by atoms with Gasteiger partial charge in [0.05, 0.1) is 5.75 Å². The van der Waals surface area contributed by atoms with E-state index in [0.717, 1.165) is 19.4 Å². The Morgan fingerprint density at radius 1 is 1.35 bits per heavy atom. The maximum absolute atomic E-state index is 11.8. The highest BCUT2D eigenvalue weighted by Crippen LogP contribution is 2.19. The van der Waals surface area contributed by atoms with E-state index in [1.54, 1.807) is 11.2 Å². The van der Waals surface area contributed by atoms with Gasteiger partial charge in [-0.2, -0.15) is 0 Å². The van der Waals surface area contributed by atoms with Crippen LogP contribution in [0.2, 0.25) is 0 Å². The van der Waals surface area contributed by atoms with Crippen LogP contribution >= 0.6 is 0 Å². The van der Waals surface area contributed by atoms with Crippen LogP contribution in [-0.2, 0) is 10.0 Å². The van der Waals surface area contributed by atoms with E-state index < -0.39 is 10.0 Å². The van der Waals surface area contributed by atoms with Gasteiger partial charge in [0.2, 0.25) is 10.0 Å². The van der Waals surface area contributed by atoms with Gasteiger partial charge in [-0.15, -0.1) is 0 Å². The molecular weight excluding hydrogens is 236 g/mol. The van der Waals surface area contributed by atoms with Gasteiger partial charge in [-0.3, -0.25) is 0 Å². The molecule has 5 heteroatoms. The molecule has 0 aromatic carbocycles. The predicted octanol–water partition coefficient (Wildman–Crippen LogP) is 1.44. The largest absolute Gasteiger partial charge is 0.312 e. The SMILES string of the molecule is CCS(=O)(=O)N1CCCC(CNC(C)(C)C)C1. The average molecular weight is 262 g/mol. The van der Waals surface area contributed by atoms with Crippen LogP contribution in [0.5, 0.6) is 0 Å². The van der Waals surface area contributed by atoms with Gasteiger partial charge in [0.1, 0.15) is 0 Å². The lowest BCUT2D eigenvalue weighted by Gasteiger charge is -2.33. The summed E-state index contributed by atoms with van der Waals surface area (Å²) in [5.41, 5.74) is 0.103. The molecule has 0 bridgehead atoms. The lowest BCUT2D eigenvalue weighted by molar-refractivity contribution is 0.245. The van der Waals surface area contributed by atoms with E-state index in [1.807, 2.05) is 0 Å². The molecule has 0 saturated carbocycles. The molecule has 1 rings (SSSR count). The molecule has 0 aliphatic carbocycles. The summed E-state index contributed by atoms with van der Waals surface area (Å²) >= 11 is 0. The second-order valence-electron chi connectivity index (χ2n) is 5.90. The van der Waals surface area contributed by atoms with Gasteiger partial charge in [-0.05, 0) is 53.0 Å². The van der Waals surface area contributed by atoms with Crippen LogP contribution in [0.15, 0.2) is 0 Å². The van der Waals surface area contributed by atoms with Crippen molar-refractivity contribution in [2.24, 2.45) is 5.92 Å². The Kier molecular flexibility index (Phi) is 4.98. The van der Waals surface area contributed by atoms with E-state index in [-0.39, 0.29) is 11.3 Å². The standard InChI is InChI=1S/C12H26N2O2S/c1-5-17(15,16)14-8-6-7-11(10-14)9-13-12(2,3)4/h11,13H,5-10H2,1-4H3. The molecular formula is C12H26N2O2S. The summed E-state index contributed by atoms with van der Waals surface area (Å²) in [6, 6.07) is 0. The van der Waals surface area contributed by atoms with Gasteiger partial charge >= 0.3 is 0 Å². The third-order valence-electron chi connectivity index (χ3n) is 3.16. The van der Waals surface area contributed by atoms with Crippen LogP contribution in [0.3, 0.4) is 0 Å². The maximum Gasteiger partial charge on any atom is 0.213 e. The fourth-order valence-corrected chi connectivity index (χ4v) is 3.29. The van der Waals surface area contributed by atoms with Gasteiger partial charge in [0, 0.05) is 18.6 Å². The molecule has 1 N–H and O–H groups in total. The third-order valence-corrected chi connectivity index (χ3v) is 5.01. The molecule has 1 saturated heterocycles. The summed E-state index contributed by atoms with van der Waals surface area (Å²) in [5, 5.41) is 3.46. The van der Waals surface area contributed by atoms with Crippen molar-refractivity contribution in [1.29, 1.82) is 0 Å². The minimum atomic E-state index is -3.00. The van der Waals surface area contributed by atoms with Crippen LogP contribution in [0.25, 0.3) is 0 Å². The van der Waals surface area contributed by atoms with Crippen molar-refractivity contribution in [3.8, 4) is 0 Å². The second kappa shape index (κ2) is 5.67. The van der Waals surface area contributed by atoms with Crippen molar-refractivity contribution < 1.29 is 8.42 Å². The number of piperidine rings is 1. The van der Waals surface area contributed by atoms with Crippen LogP contribution in [-0.4, -0.2) is 43.6 Å². The van der Waals surface area contributed by atoms with Crippen LogP contribution in [0.1, 0.15) is 40.5 Å². The van der Waals surface area contributed by atoms with Crippen molar-refractivity contribution in [3.63, 3.8) is 0 Å². The Morgan fingerprint density at radius 2 is 2.00 bits per heavy atom. The number of hydrogen-bond donors (Lipinski definition) is 1. The Hall–Kier alpha value is -0.130. The van der Waals surface area contributed by atoms with E-state index in [4.69, 9.17) is 0 Å². The summed E-state index contributed by atoms with van der Waals surface area (Å²) in [6.45, 7) is 10.4. The highest BCUT2D eigenvalue weighted by Gasteiger charge is 2.27. The first-order valence-electron chi connectivity index (χ1n) is 6.47. The highest BCUT2D eigenvalue weighted by molar-refractivity contribution is 7.89. The summed E-state index contributed by atoms with van der Waals surface area (Å²) in [7, 11) is -3.00. The third kappa shape index (κ3) is 4.94. The molecule has 4 nitrogen and oxygen atoms in total. The van der Waals surface area contributed by atoms with E-state index in [0.29, 0.717) is 19.0 Å². The second-order valence-corrected chi connectivity index (χ2v) is 8.16. The van der Waals surface area contributed by atoms with Crippen molar-refractivity contribution in [3.05, 3.63) is 0 Å². The minimum absolute atomic E-state index is 0.103. The van der Waals surface area contributed by atoms with E-state index in [1.165, 1.54) is 0 Å². The molecule has 1 aliphatic rings. The number of hydrogen-bond acceptors (Lipinski definition) is 3. The van der Waals surface area contributed by atoms with Gasteiger partial charge in [-0.25, -0.2) is 12.7 Å². The molecule has 0 amide bonds. The minimum Gasteiger partial charge on any atom is -0.312 e. The monoisotopic (exact) mass is 262 g/mol. The summed E-state index contributed by atoms with van der Waals surface area (Å²) in [5.74, 6) is 0.663. The van der Waals surface area contributed by atoms with Gasteiger partial charge in [0.25, 0.3) is 0 Å². The first-order chi connectivity index (χ1) is 7.74. The number of nitrogens with zero attached hydrogens (tertiary/aromatic N) is 1. The Labute approximate surface area is 106 Å². The fraction of sp³-hybridized carbons (Fsp3) is 1.00. The average Bonchev–Trinajstić information content (AvgIpc) is 2.26. The predicted molar refractivity (Wildman–Crippen MR) is 71.5 cm³/mol. The van der Waals surface area contributed by atoms with Crippen LogP contribution < -0.4 is 5.32 Å². The molecule has 0 radical (unpaired) electrons. The number of sulfonamides is 1. The van der Waals surface area contributed by atoms with Crippen molar-refractivity contribution in [2.75, 3.05) is 25.4 Å². The Balaban J connectivity index is 2.50. The summed E-state index contributed by atoms with van der Waals surface area (Å²) < 4.78 is 25.3. The molecule has 1 atom stereocenters. The first-order valence-corrected chi connectivity index (χ1v) is 8.08. The lowest BCUT2D eigenvalue weighted by Crippen LogP contribution is -2.46. The molecule has 0 aromatic heterocycles. The van der Waals surface area contributed by atoms with Crippen molar-refractivity contribution >= 4 is 10.0 Å². The van der Waals surface area contributed by atoms with Crippen molar-refractivity contribution in [1.82, 2.24) is 9.62 Å². The van der Waals surface area contributed by atoms with Gasteiger partial charge in [0.15, 0.2) is 0 Å². The molecule has 1 fully saturated rings. The quantitative estimate of drug-likeness (QED) is 0.834. The maximum atomic E-state index is 11.8. The molecule has 1 unspecified atom stereocenters. The van der Waals surface area contributed by atoms with E-state index in [2.05, 4.69) is 26.1 Å². The van der Waals surface area contributed by atoms with Gasteiger partial charge < -0.3 is 5.32 Å².